The van der Waals surface area contributed by atoms with E-state index in [4.69, 9.17) is 9.99 Å². The molecule has 78 valence electrons. The first-order valence-electron chi connectivity index (χ1n) is 3.70. The summed E-state index contributed by atoms with van der Waals surface area (Å²) in [6, 6.07) is 0. The van der Waals surface area contributed by atoms with Crippen LogP contribution < -0.4 is 0 Å². The molecule has 0 atom stereocenters. The summed E-state index contributed by atoms with van der Waals surface area (Å²) in [5.41, 5.74) is -0.328. The summed E-state index contributed by atoms with van der Waals surface area (Å²) in [7, 11) is 0. The maximum Gasteiger partial charge on any atom is 0.339 e. The summed E-state index contributed by atoms with van der Waals surface area (Å²) in [5.74, 6) is -0.914. The molecule has 0 heterocycles. The van der Waals surface area contributed by atoms with Gasteiger partial charge >= 0.3 is 11.9 Å². The molecule has 0 aromatic heterocycles. The van der Waals surface area contributed by atoms with Crippen molar-refractivity contribution in [1.82, 2.24) is 0 Å². The van der Waals surface area contributed by atoms with Crippen LogP contribution in [0.25, 0.3) is 0 Å². The normalized spacial score (nSPS) is 9.38. The predicted octanol–water partition coefficient (Wildman–Crippen LogP) is 1.37. The molecule has 0 aliphatic rings. The maximum atomic E-state index is 10.2. The van der Waals surface area contributed by atoms with Crippen LogP contribution >= 0.6 is 0 Å². The van der Waals surface area contributed by atoms with Gasteiger partial charge in [0.05, 0.1) is 0 Å². The first kappa shape index (κ1) is 14.4. The maximum absolute atomic E-state index is 10.2. The van der Waals surface area contributed by atoms with Crippen LogP contribution in [-0.4, -0.2) is 22.8 Å². The summed E-state index contributed by atoms with van der Waals surface area (Å²) in [6.07, 6.45) is 0. The predicted molar refractivity (Wildman–Crippen MR) is 45.9 cm³/mol. The van der Waals surface area contributed by atoms with E-state index in [0.29, 0.717) is 0 Å². The van der Waals surface area contributed by atoms with Gasteiger partial charge in [0.1, 0.15) is 5.60 Å². The van der Waals surface area contributed by atoms with Crippen LogP contribution in [0, 0.1) is 0 Å². The van der Waals surface area contributed by atoms with Crippen LogP contribution in [-0.2, 0) is 19.2 Å². The molecule has 0 spiro atoms. The van der Waals surface area contributed by atoms with Gasteiger partial charge in [0.2, 0.25) is 0 Å². The van der Waals surface area contributed by atoms with E-state index in [9.17, 15) is 9.59 Å². The monoisotopic (exact) mass is 192 g/mol. The lowest BCUT2D eigenvalue weighted by molar-refractivity contribution is -0.231. The number of carbonyl (C=O) groups is 2. The molecule has 0 unspecified atom stereocenters. The van der Waals surface area contributed by atoms with E-state index in [1.165, 1.54) is 6.92 Å². The summed E-state index contributed by atoms with van der Waals surface area (Å²) in [6.45, 7) is 8.04. The number of ether oxygens (including phenoxy) is 1. The molecule has 0 aromatic carbocycles. The Hall–Kier alpha value is -1.10. The van der Waals surface area contributed by atoms with Crippen molar-refractivity contribution in [2.75, 3.05) is 0 Å². The number of rotatable bonds is 0. The zero-order chi connectivity index (χ0) is 11.1. The lowest BCUT2D eigenvalue weighted by Crippen LogP contribution is -2.21. The van der Waals surface area contributed by atoms with Gasteiger partial charge in [-0.15, -0.1) is 0 Å². The molecule has 0 bridgehead atoms. The summed E-state index contributed by atoms with van der Waals surface area (Å²) in [4.78, 5) is 22.7. The first-order valence-corrected chi connectivity index (χ1v) is 3.70. The average molecular weight is 192 g/mol. The average Bonchev–Trinajstić information content (AvgIpc) is 1.83. The van der Waals surface area contributed by atoms with Gasteiger partial charge in [0.15, 0.2) is 0 Å². The Kier molecular flexibility index (Phi) is 7.12. The fraction of sp³-hybridized carbons (Fsp3) is 0.750. The molecule has 13 heavy (non-hydrogen) atoms. The highest BCUT2D eigenvalue weighted by atomic mass is 17.1. The Morgan fingerprint density at radius 1 is 1.08 bits per heavy atom. The van der Waals surface area contributed by atoms with Crippen molar-refractivity contribution in [3.8, 4) is 0 Å². The van der Waals surface area contributed by atoms with Gasteiger partial charge in [0.25, 0.3) is 0 Å². The fourth-order valence-corrected chi connectivity index (χ4v) is 0.431. The molecule has 0 aromatic rings. The van der Waals surface area contributed by atoms with Crippen molar-refractivity contribution in [3.63, 3.8) is 0 Å². The zero-order valence-corrected chi connectivity index (χ0v) is 8.58. The smallest absolute Gasteiger partial charge is 0.339 e. The molecule has 0 saturated carbocycles. The van der Waals surface area contributed by atoms with E-state index in [1.807, 2.05) is 20.8 Å². The van der Waals surface area contributed by atoms with Gasteiger partial charge in [-0.25, -0.2) is 4.79 Å². The van der Waals surface area contributed by atoms with Crippen LogP contribution in [0.15, 0.2) is 0 Å². The van der Waals surface area contributed by atoms with Crippen LogP contribution in [0.2, 0.25) is 0 Å². The summed E-state index contributed by atoms with van der Waals surface area (Å²) < 4.78 is 4.80. The van der Waals surface area contributed by atoms with Gasteiger partial charge in [-0.2, -0.15) is 5.26 Å². The highest BCUT2D eigenvalue weighted by Gasteiger charge is 2.11. The van der Waals surface area contributed by atoms with Gasteiger partial charge in [-0.05, 0) is 20.8 Å². The SMILES string of the molecule is CC(=O)OC(C)(C)C.CC(=O)OO. The standard InChI is InChI=1S/C6H12O2.C2H4O3/c1-5(7)8-6(2,3)4;1-2(3)5-4/h1-4H3;4H,1H3. The third kappa shape index (κ3) is 24.8. The Morgan fingerprint density at radius 3 is 1.38 bits per heavy atom. The first-order chi connectivity index (χ1) is 5.69. The van der Waals surface area contributed by atoms with Crippen LogP contribution in [0.4, 0.5) is 0 Å². The van der Waals surface area contributed by atoms with Crippen LogP contribution in [0.1, 0.15) is 34.6 Å². The van der Waals surface area contributed by atoms with Crippen molar-refractivity contribution in [2.24, 2.45) is 0 Å². The minimum Gasteiger partial charge on any atom is -0.460 e. The number of hydrogen-bond donors (Lipinski definition) is 1. The molecule has 0 aliphatic carbocycles. The van der Waals surface area contributed by atoms with Crippen molar-refractivity contribution in [1.29, 1.82) is 0 Å². The molecule has 0 saturated heterocycles. The highest BCUT2D eigenvalue weighted by molar-refractivity contribution is 5.66. The minimum absolute atomic E-state index is 0.225. The number of carbonyl (C=O) groups excluding carboxylic acids is 2. The van der Waals surface area contributed by atoms with Crippen molar-refractivity contribution >= 4 is 11.9 Å². The zero-order valence-electron chi connectivity index (χ0n) is 8.58. The van der Waals surface area contributed by atoms with E-state index in [0.717, 1.165) is 6.92 Å². The fourth-order valence-electron chi connectivity index (χ4n) is 0.431. The topological polar surface area (TPSA) is 72.8 Å². The van der Waals surface area contributed by atoms with E-state index >= 15 is 0 Å². The van der Waals surface area contributed by atoms with Gasteiger partial charge in [-0.3, -0.25) is 4.79 Å². The van der Waals surface area contributed by atoms with Crippen molar-refractivity contribution < 1.29 is 24.5 Å². The Bertz CT molecular complexity index is 168. The second kappa shape index (κ2) is 6.42. The molecule has 5 heteroatoms. The second-order valence-electron chi connectivity index (χ2n) is 3.29. The van der Waals surface area contributed by atoms with Crippen molar-refractivity contribution in [3.05, 3.63) is 0 Å². The van der Waals surface area contributed by atoms with Crippen LogP contribution in [0.3, 0.4) is 0 Å². The Morgan fingerprint density at radius 2 is 1.38 bits per heavy atom. The molecule has 0 radical (unpaired) electrons. The minimum atomic E-state index is -0.690. The Labute approximate surface area is 77.6 Å². The molecule has 0 aliphatic heterocycles. The molecule has 0 fully saturated rings. The largest absolute Gasteiger partial charge is 0.460 e. The molecule has 0 rings (SSSR count). The molecular formula is C8H16O5. The van der Waals surface area contributed by atoms with Gasteiger partial charge < -0.3 is 9.62 Å². The van der Waals surface area contributed by atoms with Crippen molar-refractivity contribution in [2.45, 2.75) is 40.2 Å². The molecule has 1 N–H and O–H groups in total. The second-order valence-corrected chi connectivity index (χ2v) is 3.29. The van der Waals surface area contributed by atoms with E-state index in [2.05, 4.69) is 4.89 Å². The molecule has 5 nitrogen and oxygen atoms in total. The van der Waals surface area contributed by atoms with E-state index in [-0.39, 0.29) is 11.6 Å². The number of hydrogen-bond acceptors (Lipinski definition) is 5. The molecular weight excluding hydrogens is 176 g/mol. The third-order valence-corrected chi connectivity index (χ3v) is 0.578. The number of esters is 1. The Balaban J connectivity index is 0. The third-order valence-electron chi connectivity index (χ3n) is 0.578. The van der Waals surface area contributed by atoms with Gasteiger partial charge in [0, 0.05) is 13.8 Å². The van der Waals surface area contributed by atoms with Gasteiger partial charge in [-0.1, -0.05) is 0 Å². The summed E-state index contributed by atoms with van der Waals surface area (Å²) in [5, 5.41) is 7.29. The lowest BCUT2D eigenvalue weighted by atomic mass is 10.2. The lowest BCUT2D eigenvalue weighted by Gasteiger charge is -2.17. The van der Waals surface area contributed by atoms with E-state index in [1.54, 1.807) is 0 Å². The highest BCUT2D eigenvalue weighted by Crippen LogP contribution is 2.05. The summed E-state index contributed by atoms with van der Waals surface area (Å²) >= 11 is 0. The van der Waals surface area contributed by atoms with Crippen LogP contribution in [0.5, 0.6) is 0 Å². The quantitative estimate of drug-likeness (QED) is 0.356. The molecule has 0 amide bonds. The van der Waals surface area contributed by atoms with E-state index < -0.39 is 5.97 Å².